The molecule has 0 rings (SSSR count). The lowest BCUT2D eigenvalue weighted by Gasteiger charge is -2.16. The van der Waals surface area contributed by atoms with E-state index >= 15 is 0 Å². The van der Waals surface area contributed by atoms with Crippen LogP contribution in [0.2, 0.25) is 0 Å². The van der Waals surface area contributed by atoms with Gasteiger partial charge in [-0.15, -0.1) is 0 Å². The van der Waals surface area contributed by atoms with Crippen LogP contribution in [0.4, 0.5) is 0 Å². The van der Waals surface area contributed by atoms with Gasteiger partial charge in [-0.2, -0.15) is 11.8 Å². The Morgan fingerprint density at radius 3 is 2.36 bits per heavy atom. The number of hydrogen-bond donors (Lipinski definition) is 1. The van der Waals surface area contributed by atoms with Gasteiger partial charge in [-0.3, -0.25) is 0 Å². The van der Waals surface area contributed by atoms with Crippen molar-refractivity contribution < 1.29 is 5.11 Å². The molecular formula is C9H20OS. The third-order valence-electron chi connectivity index (χ3n) is 2.04. The van der Waals surface area contributed by atoms with Crippen molar-refractivity contribution in [2.45, 2.75) is 39.7 Å². The van der Waals surface area contributed by atoms with Crippen molar-refractivity contribution in [1.29, 1.82) is 0 Å². The highest BCUT2D eigenvalue weighted by molar-refractivity contribution is 7.99. The molecule has 0 saturated carbocycles. The molecule has 0 saturated heterocycles. The fourth-order valence-corrected chi connectivity index (χ4v) is 1.92. The van der Waals surface area contributed by atoms with E-state index in [1.165, 1.54) is 11.5 Å². The molecule has 0 spiro atoms. The summed E-state index contributed by atoms with van der Waals surface area (Å²) in [5, 5.41) is 9.30. The summed E-state index contributed by atoms with van der Waals surface area (Å²) in [5.74, 6) is 2.89. The highest BCUT2D eigenvalue weighted by Gasteiger charge is 2.11. The first-order valence-electron chi connectivity index (χ1n) is 4.48. The highest BCUT2D eigenvalue weighted by Crippen LogP contribution is 2.16. The van der Waals surface area contributed by atoms with Crippen LogP contribution in [0.25, 0.3) is 0 Å². The van der Waals surface area contributed by atoms with E-state index in [-0.39, 0.29) is 6.10 Å². The van der Waals surface area contributed by atoms with Gasteiger partial charge in [-0.1, -0.05) is 20.3 Å². The second-order valence-corrected chi connectivity index (χ2v) is 4.29. The predicted octanol–water partition coefficient (Wildman–Crippen LogP) is 2.54. The van der Waals surface area contributed by atoms with Gasteiger partial charge in [0, 0.05) is 0 Å². The van der Waals surface area contributed by atoms with Crippen molar-refractivity contribution in [2.24, 2.45) is 5.92 Å². The van der Waals surface area contributed by atoms with E-state index in [0.29, 0.717) is 5.92 Å². The van der Waals surface area contributed by atoms with Gasteiger partial charge in [-0.25, -0.2) is 0 Å². The molecule has 0 bridgehead atoms. The quantitative estimate of drug-likeness (QED) is 0.628. The molecule has 1 nitrogen and oxygen atoms in total. The molecule has 0 aromatic rings. The standard InChI is InChI=1S/C9H20OS/c1-4-9(8(3)10)6-7-11-5-2/h8-10H,4-7H2,1-3H3. The zero-order valence-electron chi connectivity index (χ0n) is 7.84. The summed E-state index contributed by atoms with van der Waals surface area (Å²) in [6.45, 7) is 6.22. The van der Waals surface area contributed by atoms with E-state index in [2.05, 4.69) is 13.8 Å². The maximum absolute atomic E-state index is 9.30. The first-order valence-corrected chi connectivity index (χ1v) is 5.63. The van der Waals surface area contributed by atoms with Crippen molar-refractivity contribution in [2.75, 3.05) is 11.5 Å². The highest BCUT2D eigenvalue weighted by atomic mass is 32.2. The number of aliphatic hydroxyl groups excluding tert-OH is 1. The molecule has 1 N–H and O–H groups in total. The Kier molecular flexibility index (Phi) is 7.18. The molecule has 0 aliphatic heterocycles. The summed E-state index contributed by atoms with van der Waals surface area (Å²) in [6, 6.07) is 0. The Labute approximate surface area is 74.6 Å². The molecular weight excluding hydrogens is 156 g/mol. The zero-order valence-corrected chi connectivity index (χ0v) is 8.66. The lowest BCUT2D eigenvalue weighted by Crippen LogP contribution is -2.16. The van der Waals surface area contributed by atoms with Crippen LogP contribution >= 0.6 is 11.8 Å². The van der Waals surface area contributed by atoms with Crippen molar-refractivity contribution in [1.82, 2.24) is 0 Å². The molecule has 0 aromatic carbocycles. The average Bonchev–Trinajstić information content (AvgIpc) is 1.97. The van der Waals surface area contributed by atoms with Crippen LogP contribution in [-0.4, -0.2) is 22.7 Å². The summed E-state index contributed by atoms with van der Waals surface area (Å²) in [7, 11) is 0. The van der Waals surface area contributed by atoms with E-state index in [1.807, 2.05) is 18.7 Å². The molecule has 2 unspecified atom stereocenters. The zero-order chi connectivity index (χ0) is 8.69. The van der Waals surface area contributed by atoms with Gasteiger partial charge in [0.15, 0.2) is 0 Å². The monoisotopic (exact) mass is 176 g/mol. The minimum atomic E-state index is -0.127. The summed E-state index contributed by atoms with van der Waals surface area (Å²) in [4.78, 5) is 0. The first kappa shape index (κ1) is 11.3. The summed E-state index contributed by atoms with van der Waals surface area (Å²) >= 11 is 1.96. The Balaban J connectivity index is 3.36. The Morgan fingerprint density at radius 2 is 2.00 bits per heavy atom. The smallest absolute Gasteiger partial charge is 0.0540 e. The lowest BCUT2D eigenvalue weighted by molar-refractivity contribution is 0.121. The number of hydrogen-bond acceptors (Lipinski definition) is 2. The molecule has 0 aromatic heterocycles. The SMILES string of the molecule is CCSCCC(CC)C(C)O. The van der Waals surface area contributed by atoms with Gasteiger partial charge in [0.05, 0.1) is 6.10 Å². The summed E-state index contributed by atoms with van der Waals surface area (Å²) < 4.78 is 0. The van der Waals surface area contributed by atoms with E-state index in [4.69, 9.17) is 0 Å². The van der Waals surface area contributed by atoms with Crippen molar-refractivity contribution in [3.05, 3.63) is 0 Å². The van der Waals surface area contributed by atoms with Gasteiger partial charge in [-0.05, 0) is 30.8 Å². The lowest BCUT2D eigenvalue weighted by atomic mass is 9.98. The molecule has 68 valence electrons. The van der Waals surface area contributed by atoms with Crippen LogP contribution in [0.5, 0.6) is 0 Å². The molecule has 2 atom stereocenters. The van der Waals surface area contributed by atoms with Gasteiger partial charge >= 0.3 is 0 Å². The van der Waals surface area contributed by atoms with E-state index in [9.17, 15) is 5.11 Å². The molecule has 0 fully saturated rings. The number of rotatable bonds is 6. The summed E-state index contributed by atoms with van der Waals surface area (Å²) in [5.41, 5.74) is 0. The predicted molar refractivity (Wildman–Crippen MR) is 53.1 cm³/mol. The van der Waals surface area contributed by atoms with Gasteiger partial charge in [0.25, 0.3) is 0 Å². The van der Waals surface area contributed by atoms with Crippen molar-refractivity contribution in [3.63, 3.8) is 0 Å². The maximum Gasteiger partial charge on any atom is 0.0540 e. The van der Waals surface area contributed by atoms with Gasteiger partial charge in [0.2, 0.25) is 0 Å². The number of aliphatic hydroxyl groups is 1. The molecule has 0 aliphatic carbocycles. The van der Waals surface area contributed by atoms with Crippen LogP contribution < -0.4 is 0 Å². The van der Waals surface area contributed by atoms with Gasteiger partial charge < -0.3 is 5.11 Å². The first-order chi connectivity index (χ1) is 5.22. The van der Waals surface area contributed by atoms with Crippen LogP contribution in [-0.2, 0) is 0 Å². The van der Waals surface area contributed by atoms with Crippen LogP contribution in [0.3, 0.4) is 0 Å². The van der Waals surface area contributed by atoms with Gasteiger partial charge in [0.1, 0.15) is 0 Å². The van der Waals surface area contributed by atoms with Crippen molar-refractivity contribution in [3.8, 4) is 0 Å². The minimum absolute atomic E-state index is 0.127. The van der Waals surface area contributed by atoms with Crippen molar-refractivity contribution >= 4 is 11.8 Å². The average molecular weight is 176 g/mol. The number of thioether (sulfide) groups is 1. The van der Waals surface area contributed by atoms with E-state index in [0.717, 1.165) is 12.8 Å². The normalized spacial score (nSPS) is 16.4. The van der Waals surface area contributed by atoms with Crippen LogP contribution in [0.1, 0.15) is 33.6 Å². The Bertz CT molecular complexity index is 83.6. The second kappa shape index (κ2) is 6.99. The van der Waals surface area contributed by atoms with Crippen LogP contribution in [0.15, 0.2) is 0 Å². The largest absolute Gasteiger partial charge is 0.393 e. The molecule has 11 heavy (non-hydrogen) atoms. The topological polar surface area (TPSA) is 20.2 Å². The fourth-order valence-electron chi connectivity index (χ4n) is 1.17. The molecule has 0 heterocycles. The molecule has 0 aliphatic rings. The third-order valence-corrected chi connectivity index (χ3v) is 2.98. The molecule has 0 amide bonds. The fraction of sp³-hybridized carbons (Fsp3) is 1.00. The summed E-state index contributed by atoms with van der Waals surface area (Å²) in [6.07, 6.45) is 2.13. The molecule has 0 radical (unpaired) electrons. The Hall–Kier alpha value is 0.310. The van der Waals surface area contributed by atoms with E-state index < -0.39 is 0 Å². The molecule has 2 heteroatoms. The third kappa shape index (κ3) is 5.57. The minimum Gasteiger partial charge on any atom is -0.393 e. The van der Waals surface area contributed by atoms with Crippen LogP contribution in [0, 0.1) is 5.92 Å². The Morgan fingerprint density at radius 1 is 1.36 bits per heavy atom. The maximum atomic E-state index is 9.30. The second-order valence-electron chi connectivity index (χ2n) is 2.89. The van der Waals surface area contributed by atoms with E-state index in [1.54, 1.807) is 0 Å².